The van der Waals surface area contributed by atoms with Gasteiger partial charge in [0.25, 0.3) is 0 Å². The molecule has 30 heavy (non-hydrogen) atoms. The second kappa shape index (κ2) is 12.3. The van der Waals surface area contributed by atoms with Crippen molar-refractivity contribution in [2.75, 3.05) is 19.0 Å². The maximum absolute atomic E-state index is 11.2. The maximum atomic E-state index is 11.2. The van der Waals surface area contributed by atoms with E-state index in [1.165, 1.54) is 6.92 Å². The van der Waals surface area contributed by atoms with Crippen LogP contribution in [0.25, 0.3) is 6.08 Å². The van der Waals surface area contributed by atoms with E-state index >= 15 is 0 Å². The fraction of sp³-hybridized carbons (Fsp3) is 0.333. The average molecular weight is 411 g/mol. The number of allylic oxidation sites excluding steroid dienone is 1. The van der Waals surface area contributed by atoms with Crippen LogP contribution in [0.4, 0.5) is 5.69 Å². The molecule has 0 radical (unpaired) electrons. The van der Waals surface area contributed by atoms with Crippen molar-refractivity contribution >= 4 is 23.6 Å². The molecule has 6 nitrogen and oxygen atoms in total. The number of carboxylic acid groups (broad SMARTS) is 1. The molecule has 2 rings (SSSR count). The van der Waals surface area contributed by atoms with Gasteiger partial charge in [-0.1, -0.05) is 24.3 Å². The zero-order valence-electron chi connectivity index (χ0n) is 17.5. The lowest BCUT2D eigenvalue weighted by atomic mass is 10.1. The lowest BCUT2D eigenvalue weighted by Gasteiger charge is -2.13. The fourth-order valence-corrected chi connectivity index (χ4v) is 2.92. The smallest absolute Gasteiger partial charge is 0.303 e. The molecular formula is C24H29NO5. The maximum Gasteiger partial charge on any atom is 0.303 e. The molecule has 1 amide bonds. The summed E-state index contributed by atoms with van der Waals surface area (Å²) < 4.78 is 11.0. The minimum Gasteiger partial charge on any atom is -0.497 e. The number of amides is 1. The van der Waals surface area contributed by atoms with Crippen LogP contribution in [-0.2, 0) is 16.0 Å². The van der Waals surface area contributed by atoms with Crippen molar-refractivity contribution in [1.82, 2.24) is 0 Å². The number of carboxylic acids is 1. The Balaban J connectivity index is 1.80. The van der Waals surface area contributed by atoms with Crippen LogP contribution in [0.2, 0.25) is 0 Å². The zero-order chi connectivity index (χ0) is 21.8. The number of ether oxygens (including phenoxy) is 2. The first kappa shape index (κ1) is 23.0. The van der Waals surface area contributed by atoms with Gasteiger partial charge in [0, 0.05) is 19.0 Å². The number of aryl methyl sites for hydroxylation is 1. The predicted octanol–water partition coefficient (Wildman–Crippen LogP) is 4.93. The number of methoxy groups -OCH3 is 1. The molecular weight excluding hydrogens is 382 g/mol. The summed E-state index contributed by atoms with van der Waals surface area (Å²) in [5, 5.41) is 11.7. The summed E-state index contributed by atoms with van der Waals surface area (Å²) in [6, 6.07) is 13.2. The van der Waals surface area contributed by atoms with E-state index in [4.69, 9.17) is 14.6 Å². The summed E-state index contributed by atoms with van der Waals surface area (Å²) in [6.07, 6.45) is 7.41. The molecule has 0 aromatic heterocycles. The van der Waals surface area contributed by atoms with Crippen LogP contribution >= 0.6 is 0 Å². The summed E-state index contributed by atoms with van der Waals surface area (Å²) >= 11 is 0. The molecule has 0 saturated heterocycles. The van der Waals surface area contributed by atoms with E-state index in [2.05, 4.69) is 17.5 Å². The van der Waals surface area contributed by atoms with Gasteiger partial charge in [-0.15, -0.1) is 0 Å². The Morgan fingerprint density at radius 2 is 1.87 bits per heavy atom. The van der Waals surface area contributed by atoms with Gasteiger partial charge in [0.1, 0.15) is 11.5 Å². The van der Waals surface area contributed by atoms with Crippen molar-refractivity contribution < 1.29 is 24.2 Å². The highest BCUT2D eigenvalue weighted by Crippen LogP contribution is 2.25. The topological polar surface area (TPSA) is 84.9 Å². The minimum absolute atomic E-state index is 0.00996. The molecule has 0 fully saturated rings. The highest BCUT2D eigenvalue weighted by Gasteiger charge is 2.09. The molecule has 0 atom stereocenters. The van der Waals surface area contributed by atoms with Gasteiger partial charge in [-0.05, 0) is 67.1 Å². The molecule has 6 heteroatoms. The Hall–Kier alpha value is -3.28. The number of anilines is 1. The lowest BCUT2D eigenvalue weighted by Crippen LogP contribution is -2.08. The van der Waals surface area contributed by atoms with Crippen molar-refractivity contribution in [1.29, 1.82) is 0 Å². The van der Waals surface area contributed by atoms with E-state index in [0.717, 1.165) is 36.1 Å². The third-order valence-electron chi connectivity index (χ3n) is 4.44. The first-order valence-electron chi connectivity index (χ1n) is 10.0. The number of aliphatic carboxylic acids is 1. The normalized spacial score (nSPS) is 10.7. The molecule has 2 aromatic carbocycles. The Labute approximate surface area is 177 Å². The number of carbonyl (C=O) groups excluding carboxylic acids is 1. The van der Waals surface area contributed by atoms with Gasteiger partial charge in [-0.3, -0.25) is 9.59 Å². The van der Waals surface area contributed by atoms with Gasteiger partial charge < -0.3 is 19.9 Å². The van der Waals surface area contributed by atoms with E-state index in [1.807, 2.05) is 24.3 Å². The Morgan fingerprint density at radius 1 is 1.10 bits per heavy atom. The zero-order valence-corrected chi connectivity index (χ0v) is 17.5. The molecule has 160 valence electrons. The van der Waals surface area contributed by atoms with Gasteiger partial charge in [0.2, 0.25) is 5.91 Å². The standard InChI is InChI=1S/C24H29NO5/c1-18(26)25-21-11-14-23(20(17-21)10-15-24(27)28)30-16-6-4-3-5-7-19-8-12-22(29-2)13-9-19/h5,7-9,11-14,17H,3-4,6,10,15-16H2,1-2H3,(H,25,26)(H,27,28)/b7-5+. The molecule has 0 spiro atoms. The van der Waals surface area contributed by atoms with E-state index in [0.29, 0.717) is 24.5 Å². The second-order valence-corrected chi connectivity index (χ2v) is 6.92. The number of hydrogen-bond acceptors (Lipinski definition) is 4. The second-order valence-electron chi connectivity index (χ2n) is 6.92. The summed E-state index contributed by atoms with van der Waals surface area (Å²) in [7, 11) is 1.65. The van der Waals surface area contributed by atoms with E-state index in [1.54, 1.807) is 25.3 Å². The van der Waals surface area contributed by atoms with E-state index in [-0.39, 0.29) is 12.3 Å². The van der Waals surface area contributed by atoms with Crippen LogP contribution in [0.3, 0.4) is 0 Å². The van der Waals surface area contributed by atoms with Crippen LogP contribution in [0.15, 0.2) is 48.5 Å². The van der Waals surface area contributed by atoms with Crippen molar-refractivity contribution in [2.24, 2.45) is 0 Å². The molecule has 0 heterocycles. The Morgan fingerprint density at radius 3 is 2.53 bits per heavy atom. The average Bonchev–Trinajstić information content (AvgIpc) is 2.72. The Bertz CT molecular complexity index is 858. The molecule has 0 bridgehead atoms. The third kappa shape index (κ3) is 8.39. The molecule has 2 aromatic rings. The highest BCUT2D eigenvalue weighted by atomic mass is 16.5. The molecule has 0 aliphatic carbocycles. The summed E-state index contributed by atoms with van der Waals surface area (Å²) in [5.41, 5.74) is 2.55. The van der Waals surface area contributed by atoms with E-state index < -0.39 is 5.97 Å². The van der Waals surface area contributed by atoms with Gasteiger partial charge in [0.15, 0.2) is 0 Å². The van der Waals surface area contributed by atoms with Crippen LogP contribution in [0, 0.1) is 0 Å². The van der Waals surface area contributed by atoms with Crippen LogP contribution in [0.5, 0.6) is 11.5 Å². The number of rotatable bonds is 12. The molecule has 2 N–H and O–H groups in total. The number of benzene rings is 2. The monoisotopic (exact) mass is 411 g/mol. The summed E-state index contributed by atoms with van der Waals surface area (Å²) in [5.74, 6) is 0.473. The van der Waals surface area contributed by atoms with Crippen molar-refractivity contribution in [3.05, 3.63) is 59.7 Å². The van der Waals surface area contributed by atoms with Crippen LogP contribution in [-0.4, -0.2) is 30.7 Å². The van der Waals surface area contributed by atoms with Crippen molar-refractivity contribution in [3.63, 3.8) is 0 Å². The minimum atomic E-state index is -0.866. The molecule has 0 saturated carbocycles. The van der Waals surface area contributed by atoms with Gasteiger partial charge in [0.05, 0.1) is 13.7 Å². The summed E-state index contributed by atoms with van der Waals surface area (Å²) in [6.45, 7) is 1.99. The van der Waals surface area contributed by atoms with E-state index in [9.17, 15) is 9.59 Å². The number of carbonyl (C=O) groups is 2. The number of unbranched alkanes of at least 4 members (excludes halogenated alkanes) is 2. The number of hydrogen-bond donors (Lipinski definition) is 2. The first-order chi connectivity index (χ1) is 14.5. The van der Waals surface area contributed by atoms with Gasteiger partial charge in [-0.25, -0.2) is 0 Å². The molecule has 0 aliphatic heterocycles. The highest BCUT2D eigenvalue weighted by molar-refractivity contribution is 5.88. The van der Waals surface area contributed by atoms with Crippen molar-refractivity contribution in [3.8, 4) is 11.5 Å². The largest absolute Gasteiger partial charge is 0.497 e. The SMILES string of the molecule is COc1ccc(/C=C/CCCCOc2ccc(NC(C)=O)cc2CCC(=O)O)cc1. The Kier molecular flexibility index (Phi) is 9.45. The lowest BCUT2D eigenvalue weighted by molar-refractivity contribution is -0.137. The summed E-state index contributed by atoms with van der Waals surface area (Å²) in [4.78, 5) is 22.2. The van der Waals surface area contributed by atoms with Crippen molar-refractivity contribution in [2.45, 2.75) is 39.0 Å². The predicted molar refractivity (Wildman–Crippen MR) is 118 cm³/mol. The van der Waals surface area contributed by atoms with Crippen LogP contribution in [0.1, 0.15) is 43.7 Å². The van der Waals surface area contributed by atoms with Crippen LogP contribution < -0.4 is 14.8 Å². The van der Waals surface area contributed by atoms with Gasteiger partial charge >= 0.3 is 5.97 Å². The third-order valence-corrected chi connectivity index (χ3v) is 4.44. The number of nitrogens with one attached hydrogen (secondary N) is 1. The molecule has 0 aliphatic rings. The fourth-order valence-electron chi connectivity index (χ4n) is 2.92. The quantitative estimate of drug-likeness (QED) is 0.484. The van der Waals surface area contributed by atoms with Gasteiger partial charge in [-0.2, -0.15) is 0 Å². The first-order valence-corrected chi connectivity index (χ1v) is 10.0. The molecule has 0 unspecified atom stereocenters.